The van der Waals surface area contributed by atoms with Crippen LogP contribution in [0.2, 0.25) is 0 Å². The number of aliphatic hydroxyl groups excluding tert-OH is 1. The number of nitrogens with two attached hydrogens (primary N) is 1. The molecule has 0 radical (unpaired) electrons. The van der Waals surface area contributed by atoms with Crippen molar-refractivity contribution in [2.45, 2.75) is 19.4 Å². The van der Waals surface area contributed by atoms with E-state index >= 15 is 0 Å². The van der Waals surface area contributed by atoms with E-state index in [0.29, 0.717) is 0 Å². The van der Waals surface area contributed by atoms with Gasteiger partial charge in [-0.2, -0.15) is 0 Å². The van der Waals surface area contributed by atoms with Gasteiger partial charge in [0.15, 0.2) is 0 Å². The van der Waals surface area contributed by atoms with E-state index in [-0.39, 0.29) is 12.6 Å². The lowest BCUT2D eigenvalue weighted by Gasteiger charge is -2.06. The zero-order valence-electron chi connectivity index (χ0n) is 8.83. The smallest absolute Gasteiger partial charge is 0.0625 e. The summed E-state index contributed by atoms with van der Waals surface area (Å²) in [5.74, 6) is 0. The van der Waals surface area contributed by atoms with E-state index in [4.69, 9.17) is 10.8 Å². The van der Waals surface area contributed by atoms with Gasteiger partial charge in [-0.05, 0) is 17.5 Å². The molecule has 2 rings (SSSR count). The fraction of sp³-hybridized carbons (Fsp3) is 0.333. The second kappa shape index (κ2) is 4.04. The molecule has 0 saturated heterocycles. The summed E-state index contributed by atoms with van der Waals surface area (Å²) in [6, 6.07) is 5.87. The number of hydrogen-bond donors (Lipinski definition) is 3. The van der Waals surface area contributed by atoms with Crippen LogP contribution in [0.4, 0.5) is 0 Å². The van der Waals surface area contributed by atoms with Crippen LogP contribution in [-0.4, -0.2) is 16.7 Å². The van der Waals surface area contributed by atoms with E-state index in [9.17, 15) is 0 Å². The Kier molecular flexibility index (Phi) is 2.75. The van der Waals surface area contributed by atoms with Crippen LogP contribution >= 0.6 is 0 Å². The van der Waals surface area contributed by atoms with Crippen molar-refractivity contribution in [3.8, 4) is 0 Å². The third kappa shape index (κ3) is 1.64. The van der Waals surface area contributed by atoms with Crippen LogP contribution in [0.1, 0.15) is 24.1 Å². The number of aryl methyl sites for hydroxylation is 1. The summed E-state index contributed by atoms with van der Waals surface area (Å²) in [6.45, 7) is 2.10. The Bertz CT molecular complexity index is 462. The standard InChI is InChI=1S/C12H16N2O/c1-2-8-4-3-5-9-10(11(13)7-15)6-14-12(8)9/h3-6,11,14-15H,2,7,13H2,1H3/t11-/m1/s1. The van der Waals surface area contributed by atoms with E-state index in [0.717, 1.165) is 22.9 Å². The Hall–Kier alpha value is -1.32. The van der Waals surface area contributed by atoms with E-state index in [1.54, 1.807) is 0 Å². The molecule has 2 aromatic rings. The van der Waals surface area contributed by atoms with Crippen LogP contribution in [0.3, 0.4) is 0 Å². The van der Waals surface area contributed by atoms with Crippen LogP contribution in [0.25, 0.3) is 10.9 Å². The number of para-hydroxylation sites is 1. The van der Waals surface area contributed by atoms with Crippen molar-refractivity contribution < 1.29 is 5.11 Å². The van der Waals surface area contributed by atoms with Crippen LogP contribution in [-0.2, 0) is 6.42 Å². The number of aromatic nitrogens is 1. The third-order valence-electron chi connectivity index (χ3n) is 2.81. The first-order valence-corrected chi connectivity index (χ1v) is 5.23. The number of H-pyrrole nitrogens is 1. The van der Waals surface area contributed by atoms with E-state index in [2.05, 4.69) is 18.0 Å². The average Bonchev–Trinajstić information content (AvgIpc) is 2.71. The summed E-state index contributed by atoms with van der Waals surface area (Å²) in [4.78, 5) is 3.23. The van der Waals surface area contributed by atoms with Gasteiger partial charge in [-0.1, -0.05) is 25.1 Å². The van der Waals surface area contributed by atoms with Gasteiger partial charge in [0.25, 0.3) is 0 Å². The predicted octanol–water partition coefficient (Wildman–Crippen LogP) is 1.72. The molecule has 1 atom stereocenters. The van der Waals surface area contributed by atoms with Gasteiger partial charge in [-0.3, -0.25) is 0 Å². The molecule has 0 fully saturated rings. The maximum atomic E-state index is 9.05. The van der Waals surface area contributed by atoms with Gasteiger partial charge >= 0.3 is 0 Å². The first-order valence-electron chi connectivity index (χ1n) is 5.23. The highest BCUT2D eigenvalue weighted by atomic mass is 16.3. The van der Waals surface area contributed by atoms with Crippen LogP contribution in [0.5, 0.6) is 0 Å². The minimum atomic E-state index is -0.300. The summed E-state index contributed by atoms with van der Waals surface area (Å²) < 4.78 is 0. The number of nitrogens with one attached hydrogen (secondary N) is 1. The summed E-state index contributed by atoms with van der Waals surface area (Å²) >= 11 is 0. The molecule has 4 N–H and O–H groups in total. The minimum Gasteiger partial charge on any atom is -0.394 e. The topological polar surface area (TPSA) is 62.0 Å². The quantitative estimate of drug-likeness (QED) is 0.713. The highest BCUT2D eigenvalue weighted by molar-refractivity contribution is 5.86. The van der Waals surface area contributed by atoms with Gasteiger partial charge in [0.2, 0.25) is 0 Å². The summed E-state index contributed by atoms with van der Waals surface area (Å²) in [7, 11) is 0. The van der Waals surface area contributed by atoms with Crippen LogP contribution in [0, 0.1) is 0 Å². The first-order chi connectivity index (χ1) is 7.27. The maximum Gasteiger partial charge on any atom is 0.0625 e. The largest absolute Gasteiger partial charge is 0.394 e. The van der Waals surface area contributed by atoms with Gasteiger partial charge in [-0.25, -0.2) is 0 Å². The van der Waals surface area contributed by atoms with Gasteiger partial charge in [0.1, 0.15) is 0 Å². The zero-order valence-corrected chi connectivity index (χ0v) is 8.83. The molecule has 0 aliphatic rings. The highest BCUT2D eigenvalue weighted by Crippen LogP contribution is 2.25. The molecule has 0 bridgehead atoms. The zero-order chi connectivity index (χ0) is 10.8. The van der Waals surface area contributed by atoms with Gasteiger partial charge in [0, 0.05) is 17.1 Å². The SMILES string of the molecule is CCc1cccc2c([C@H](N)CO)c[nH]c12. The number of aliphatic hydroxyl groups is 1. The Morgan fingerprint density at radius 2 is 2.27 bits per heavy atom. The summed E-state index contributed by atoms with van der Waals surface area (Å²) in [5, 5.41) is 10.2. The molecule has 0 aliphatic carbocycles. The summed E-state index contributed by atoms with van der Waals surface area (Å²) in [6.07, 6.45) is 2.89. The molecular weight excluding hydrogens is 188 g/mol. The van der Waals surface area contributed by atoms with Gasteiger partial charge in [0.05, 0.1) is 12.6 Å². The number of aromatic amines is 1. The number of rotatable bonds is 3. The molecule has 80 valence electrons. The van der Waals surface area contributed by atoms with E-state index in [1.165, 1.54) is 5.56 Å². The van der Waals surface area contributed by atoms with Gasteiger partial charge in [-0.15, -0.1) is 0 Å². The predicted molar refractivity (Wildman–Crippen MR) is 61.7 cm³/mol. The average molecular weight is 204 g/mol. The number of hydrogen-bond acceptors (Lipinski definition) is 2. The highest BCUT2D eigenvalue weighted by Gasteiger charge is 2.11. The van der Waals surface area contributed by atoms with Crippen LogP contribution in [0.15, 0.2) is 24.4 Å². The van der Waals surface area contributed by atoms with Crippen molar-refractivity contribution in [3.05, 3.63) is 35.5 Å². The van der Waals surface area contributed by atoms with Crippen molar-refractivity contribution in [2.24, 2.45) is 5.73 Å². The Balaban J connectivity index is 2.60. The van der Waals surface area contributed by atoms with Crippen molar-refractivity contribution in [1.82, 2.24) is 4.98 Å². The molecule has 0 spiro atoms. The Morgan fingerprint density at radius 1 is 1.47 bits per heavy atom. The Labute approximate surface area is 88.9 Å². The van der Waals surface area contributed by atoms with Crippen molar-refractivity contribution in [3.63, 3.8) is 0 Å². The lowest BCUT2D eigenvalue weighted by atomic mass is 10.0. The van der Waals surface area contributed by atoms with Gasteiger partial charge < -0.3 is 15.8 Å². The molecule has 0 amide bonds. The fourth-order valence-corrected chi connectivity index (χ4v) is 1.94. The lowest BCUT2D eigenvalue weighted by Crippen LogP contribution is -2.13. The van der Waals surface area contributed by atoms with Crippen molar-refractivity contribution >= 4 is 10.9 Å². The molecule has 1 aromatic carbocycles. The van der Waals surface area contributed by atoms with Crippen LogP contribution < -0.4 is 5.73 Å². The number of fused-ring (bicyclic) bond motifs is 1. The fourth-order valence-electron chi connectivity index (χ4n) is 1.94. The van der Waals surface area contributed by atoms with Crippen molar-refractivity contribution in [2.75, 3.05) is 6.61 Å². The molecule has 3 nitrogen and oxygen atoms in total. The monoisotopic (exact) mass is 204 g/mol. The van der Waals surface area contributed by atoms with E-state index in [1.807, 2.05) is 18.3 Å². The Morgan fingerprint density at radius 3 is 2.93 bits per heavy atom. The van der Waals surface area contributed by atoms with Crippen molar-refractivity contribution in [1.29, 1.82) is 0 Å². The molecule has 1 heterocycles. The first kappa shape index (κ1) is 10.2. The minimum absolute atomic E-state index is 0.0245. The summed E-state index contributed by atoms with van der Waals surface area (Å²) in [5.41, 5.74) is 9.23. The molecule has 15 heavy (non-hydrogen) atoms. The lowest BCUT2D eigenvalue weighted by molar-refractivity contribution is 0.268. The second-order valence-corrected chi connectivity index (χ2v) is 3.73. The number of benzene rings is 1. The molecule has 0 unspecified atom stereocenters. The normalized spacial score (nSPS) is 13.3. The maximum absolute atomic E-state index is 9.05. The molecule has 0 aliphatic heterocycles. The molecule has 3 heteroatoms. The third-order valence-corrected chi connectivity index (χ3v) is 2.81. The molecule has 1 aromatic heterocycles. The van der Waals surface area contributed by atoms with E-state index < -0.39 is 0 Å². The second-order valence-electron chi connectivity index (χ2n) is 3.73. The molecule has 0 saturated carbocycles. The molecular formula is C12H16N2O.